The first kappa shape index (κ1) is 16.2. The molecular formula is C21H26N4. The smallest absolute Gasteiger partial charge is 0.137 e. The highest BCUT2D eigenvalue weighted by Crippen LogP contribution is 2.28. The van der Waals surface area contributed by atoms with Crippen LogP contribution in [0, 0.1) is 0 Å². The molecule has 4 rings (SSSR count). The van der Waals surface area contributed by atoms with Crippen LogP contribution in [-0.2, 0) is 6.54 Å². The normalized spacial score (nSPS) is 15.5. The molecule has 3 heterocycles. The minimum Gasteiger partial charge on any atom is -0.398 e. The predicted molar refractivity (Wildman–Crippen MR) is 104 cm³/mol. The SMILES string of the molecule is CC(C)c1ccc(-c2nc3ccc(N)cn3c2CN2CCCC2)cc1. The van der Waals surface area contributed by atoms with Crippen LogP contribution in [0.25, 0.3) is 16.9 Å². The van der Waals surface area contributed by atoms with Gasteiger partial charge in [0.15, 0.2) is 0 Å². The van der Waals surface area contributed by atoms with Gasteiger partial charge >= 0.3 is 0 Å². The van der Waals surface area contributed by atoms with E-state index in [0.717, 1.165) is 23.6 Å². The van der Waals surface area contributed by atoms with Crippen LogP contribution in [0.15, 0.2) is 42.6 Å². The number of likely N-dealkylation sites (tertiary alicyclic amines) is 1. The fourth-order valence-electron chi connectivity index (χ4n) is 3.67. The van der Waals surface area contributed by atoms with Crippen molar-refractivity contribution in [3.05, 3.63) is 53.9 Å². The maximum absolute atomic E-state index is 6.04. The van der Waals surface area contributed by atoms with E-state index in [9.17, 15) is 0 Å². The summed E-state index contributed by atoms with van der Waals surface area (Å²) in [5, 5.41) is 0. The number of nitrogen functional groups attached to an aromatic ring is 1. The van der Waals surface area contributed by atoms with E-state index in [1.54, 1.807) is 0 Å². The summed E-state index contributed by atoms with van der Waals surface area (Å²) >= 11 is 0. The van der Waals surface area contributed by atoms with E-state index >= 15 is 0 Å². The molecule has 1 aliphatic rings. The quantitative estimate of drug-likeness (QED) is 0.773. The lowest BCUT2D eigenvalue weighted by Gasteiger charge is -2.16. The summed E-state index contributed by atoms with van der Waals surface area (Å²) in [6, 6.07) is 12.8. The zero-order valence-electron chi connectivity index (χ0n) is 15.1. The maximum atomic E-state index is 6.04. The van der Waals surface area contributed by atoms with Crippen LogP contribution in [0.1, 0.15) is 43.9 Å². The molecule has 1 aromatic carbocycles. The van der Waals surface area contributed by atoms with Gasteiger partial charge < -0.3 is 10.1 Å². The summed E-state index contributed by atoms with van der Waals surface area (Å²) < 4.78 is 2.17. The average Bonchev–Trinajstić information content (AvgIpc) is 3.24. The highest BCUT2D eigenvalue weighted by atomic mass is 15.2. The van der Waals surface area contributed by atoms with Crippen LogP contribution >= 0.6 is 0 Å². The zero-order valence-corrected chi connectivity index (χ0v) is 15.1. The molecule has 0 spiro atoms. The molecular weight excluding hydrogens is 308 g/mol. The van der Waals surface area contributed by atoms with Gasteiger partial charge in [-0.05, 0) is 49.5 Å². The summed E-state index contributed by atoms with van der Waals surface area (Å²) in [4.78, 5) is 7.43. The topological polar surface area (TPSA) is 46.6 Å². The molecule has 0 aliphatic carbocycles. The Morgan fingerprint density at radius 3 is 2.44 bits per heavy atom. The van der Waals surface area contributed by atoms with Gasteiger partial charge in [0.2, 0.25) is 0 Å². The summed E-state index contributed by atoms with van der Waals surface area (Å²) in [6.07, 6.45) is 4.58. The molecule has 2 aromatic heterocycles. The second kappa shape index (κ2) is 6.52. The van der Waals surface area contributed by atoms with Crippen molar-refractivity contribution >= 4 is 11.3 Å². The summed E-state index contributed by atoms with van der Waals surface area (Å²) in [6.45, 7) is 7.71. The molecule has 0 radical (unpaired) electrons. The van der Waals surface area contributed by atoms with Crippen molar-refractivity contribution in [1.29, 1.82) is 0 Å². The lowest BCUT2D eigenvalue weighted by molar-refractivity contribution is 0.327. The minimum absolute atomic E-state index is 0.541. The molecule has 4 nitrogen and oxygen atoms in total. The monoisotopic (exact) mass is 334 g/mol. The molecule has 0 atom stereocenters. The molecule has 1 saturated heterocycles. The molecule has 1 aliphatic heterocycles. The Morgan fingerprint density at radius 2 is 1.76 bits per heavy atom. The zero-order chi connectivity index (χ0) is 17.4. The van der Waals surface area contributed by atoms with Crippen molar-refractivity contribution in [2.75, 3.05) is 18.8 Å². The number of nitrogens with two attached hydrogens (primary N) is 1. The van der Waals surface area contributed by atoms with E-state index in [0.29, 0.717) is 5.92 Å². The number of rotatable bonds is 4. The van der Waals surface area contributed by atoms with Crippen molar-refractivity contribution in [2.45, 2.75) is 39.2 Å². The van der Waals surface area contributed by atoms with Crippen molar-refractivity contribution in [1.82, 2.24) is 14.3 Å². The second-order valence-electron chi connectivity index (χ2n) is 7.36. The van der Waals surface area contributed by atoms with E-state index < -0.39 is 0 Å². The van der Waals surface area contributed by atoms with Crippen molar-refractivity contribution < 1.29 is 0 Å². The third kappa shape index (κ3) is 3.14. The fraction of sp³-hybridized carbons (Fsp3) is 0.381. The third-order valence-electron chi connectivity index (χ3n) is 5.16. The third-order valence-corrected chi connectivity index (χ3v) is 5.16. The molecule has 0 saturated carbocycles. The number of aromatic nitrogens is 2. The van der Waals surface area contributed by atoms with Crippen LogP contribution < -0.4 is 5.73 Å². The van der Waals surface area contributed by atoms with Gasteiger partial charge in [0.05, 0.1) is 11.4 Å². The molecule has 0 amide bonds. The van der Waals surface area contributed by atoms with Crippen LogP contribution in [0.4, 0.5) is 5.69 Å². The second-order valence-corrected chi connectivity index (χ2v) is 7.36. The molecule has 130 valence electrons. The fourth-order valence-corrected chi connectivity index (χ4v) is 3.67. The molecule has 0 bridgehead atoms. The maximum Gasteiger partial charge on any atom is 0.137 e. The number of nitrogens with zero attached hydrogens (tertiary/aromatic N) is 3. The summed E-state index contributed by atoms with van der Waals surface area (Å²) in [7, 11) is 0. The Labute approximate surface area is 149 Å². The Bertz CT molecular complexity index is 871. The predicted octanol–water partition coefficient (Wildman–Crippen LogP) is 4.30. The summed E-state index contributed by atoms with van der Waals surface area (Å²) in [5.74, 6) is 0.541. The van der Waals surface area contributed by atoms with E-state index in [1.165, 1.54) is 42.8 Å². The first-order valence-corrected chi connectivity index (χ1v) is 9.21. The lowest BCUT2D eigenvalue weighted by Crippen LogP contribution is -2.20. The van der Waals surface area contributed by atoms with Crippen LogP contribution in [0.2, 0.25) is 0 Å². The first-order valence-electron chi connectivity index (χ1n) is 9.21. The largest absolute Gasteiger partial charge is 0.398 e. The molecule has 0 unspecified atom stereocenters. The number of imidazole rings is 1. The Morgan fingerprint density at radius 1 is 1.04 bits per heavy atom. The number of pyridine rings is 1. The first-order chi connectivity index (χ1) is 12.1. The molecule has 2 N–H and O–H groups in total. The van der Waals surface area contributed by atoms with Crippen molar-refractivity contribution in [3.8, 4) is 11.3 Å². The highest BCUT2D eigenvalue weighted by Gasteiger charge is 2.19. The molecule has 1 fully saturated rings. The standard InChI is InChI=1S/C21H26N4/c1-15(2)16-5-7-17(8-6-16)21-19(14-24-11-3-4-12-24)25-13-18(22)9-10-20(25)23-21/h5-10,13,15H,3-4,11-12,14,22H2,1-2H3. The Balaban J connectivity index is 1.80. The molecule has 4 heteroatoms. The van der Waals surface area contributed by atoms with Gasteiger partial charge in [-0.25, -0.2) is 4.98 Å². The van der Waals surface area contributed by atoms with Gasteiger partial charge in [-0.15, -0.1) is 0 Å². The lowest BCUT2D eigenvalue weighted by atomic mass is 10.0. The van der Waals surface area contributed by atoms with Gasteiger partial charge in [-0.2, -0.15) is 0 Å². The number of anilines is 1. The van der Waals surface area contributed by atoms with Crippen molar-refractivity contribution in [3.63, 3.8) is 0 Å². The average molecular weight is 334 g/mol. The van der Waals surface area contributed by atoms with E-state index in [4.69, 9.17) is 10.7 Å². The van der Waals surface area contributed by atoms with E-state index in [1.807, 2.05) is 18.3 Å². The highest BCUT2D eigenvalue weighted by molar-refractivity contribution is 5.67. The number of fused-ring (bicyclic) bond motifs is 1. The van der Waals surface area contributed by atoms with E-state index in [-0.39, 0.29) is 0 Å². The summed E-state index contributed by atoms with van der Waals surface area (Å²) in [5.41, 5.74) is 12.6. The number of hydrogen-bond donors (Lipinski definition) is 1. The molecule has 3 aromatic rings. The van der Waals surface area contributed by atoms with Gasteiger partial charge in [-0.1, -0.05) is 38.1 Å². The van der Waals surface area contributed by atoms with Gasteiger partial charge in [-0.3, -0.25) is 4.90 Å². The number of benzene rings is 1. The van der Waals surface area contributed by atoms with Crippen LogP contribution in [0.5, 0.6) is 0 Å². The number of hydrogen-bond acceptors (Lipinski definition) is 3. The van der Waals surface area contributed by atoms with Crippen LogP contribution in [-0.4, -0.2) is 27.4 Å². The van der Waals surface area contributed by atoms with Crippen LogP contribution in [0.3, 0.4) is 0 Å². The Hall–Kier alpha value is -2.33. The minimum atomic E-state index is 0.541. The Kier molecular flexibility index (Phi) is 4.22. The molecule has 25 heavy (non-hydrogen) atoms. The van der Waals surface area contributed by atoms with E-state index in [2.05, 4.69) is 47.4 Å². The van der Waals surface area contributed by atoms with Crippen molar-refractivity contribution in [2.24, 2.45) is 0 Å². The van der Waals surface area contributed by atoms with Gasteiger partial charge in [0, 0.05) is 24.0 Å². The van der Waals surface area contributed by atoms with Gasteiger partial charge in [0.1, 0.15) is 5.65 Å². The van der Waals surface area contributed by atoms with Gasteiger partial charge in [0.25, 0.3) is 0 Å².